The minimum absolute atomic E-state index is 0.104. The number of ether oxygens (including phenoxy) is 1. The molecule has 30 heavy (non-hydrogen) atoms. The summed E-state index contributed by atoms with van der Waals surface area (Å²) in [6, 6.07) is 18.2. The first-order valence-electron chi connectivity index (χ1n) is 9.96. The fraction of sp³-hybridized carbons (Fsp3) is 0.250. The molecule has 0 spiro atoms. The average molecular weight is 408 g/mol. The quantitative estimate of drug-likeness (QED) is 0.526. The summed E-state index contributed by atoms with van der Waals surface area (Å²) in [5.74, 6) is -0.0794. The van der Waals surface area contributed by atoms with Crippen molar-refractivity contribution >= 4 is 22.6 Å². The molecule has 0 atom stereocenters. The van der Waals surface area contributed by atoms with Gasteiger partial charge in [0, 0.05) is 30.5 Å². The fourth-order valence-electron chi connectivity index (χ4n) is 3.04. The molecule has 0 bridgehead atoms. The van der Waals surface area contributed by atoms with E-state index < -0.39 is 5.82 Å². The van der Waals surface area contributed by atoms with Gasteiger partial charge < -0.3 is 15.4 Å². The molecule has 0 heterocycles. The molecule has 0 unspecified atom stereocenters. The van der Waals surface area contributed by atoms with Crippen LogP contribution in [0.1, 0.15) is 28.8 Å². The molecule has 3 aromatic rings. The van der Waals surface area contributed by atoms with E-state index in [1.807, 2.05) is 42.5 Å². The Kier molecular flexibility index (Phi) is 7.38. The SMILES string of the molecule is Cc1ccc(C(=O)NCCNC(=O)CCCOc2cccc3ccccc23)cc1F. The first-order chi connectivity index (χ1) is 14.5. The zero-order valence-corrected chi connectivity index (χ0v) is 16.9. The van der Waals surface area contributed by atoms with Crippen LogP contribution in [0, 0.1) is 12.7 Å². The van der Waals surface area contributed by atoms with Crippen molar-refractivity contribution < 1.29 is 18.7 Å². The highest BCUT2D eigenvalue weighted by Crippen LogP contribution is 2.25. The normalized spacial score (nSPS) is 10.6. The molecule has 0 aliphatic rings. The molecule has 0 aliphatic heterocycles. The number of amides is 2. The van der Waals surface area contributed by atoms with Crippen LogP contribution in [0.2, 0.25) is 0 Å². The van der Waals surface area contributed by atoms with Crippen molar-refractivity contribution in [2.45, 2.75) is 19.8 Å². The summed E-state index contributed by atoms with van der Waals surface area (Å²) in [5, 5.41) is 7.58. The molecule has 0 saturated carbocycles. The van der Waals surface area contributed by atoms with Gasteiger partial charge in [-0.15, -0.1) is 0 Å². The van der Waals surface area contributed by atoms with Crippen LogP contribution in [-0.4, -0.2) is 31.5 Å². The van der Waals surface area contributed by atoms with E-state index in [1.54, 1.807) is 19.1 Å². The minimum Gasteiger partial charge on any atom is -0.493 e. The molecule has 2 N–H and O–H groups in total. The lowest BCUT2D eigenvalue weighted by molar-refractivity contribution is -0.121. The highest BCUT2D eigenvalue weighted by atomic mass is 19.1. The van der Waals surface area contributed by atoms with Crippen molar-refractivity contribution in [3.05, 3.63) is 77.6 Å². The van der Waals surface area contributed by atoms with Crippen LogP contribution in [0.5, 0.6) is 5.75 Å². The van der Waals surface area contributed by atoms with Gasteiger partial charge in [0.15, 0.2) is 0 Å². The van der Waals surface area contributed by atoms with E-state index in [9.17, 15) is 14.0 Å². The van der Waals surface area contributed by atoms with Crippen molar-refractivity contribution in [3.63, 3.8) is 0 Å². The van der Waals surface area contributed by atoms with E-state index >= 15 is 0 Å². The summed E-state index contributed by atoms with van der Waals surface area (Å²) in [4.78, 5) is 23.9. The van der Waals surface area contributed by atoms with Crippen molar-refractivity contribution in [2.75, 3.05) is 19.7 Å². The molecule has 5 nitrogen and oxygen atoms in total. The molecule has 0 saturated heterocycles. The van der Waals surface area contributed by atoms with Gasteiger partial charge in [0.25, 0.3) is 5.91 Å². The largest absolute Gasteiger partial charge is 0.493 e. The van der Waals surface area contributed by atoms with Gasteiger partial charge in [0.2, 0.25) is 5.91 Å². The number of rotatable bonds is 9. The number of aryl methyl sites for hydroxylation is 1. The van der Waals surface area contributed by atoms with Crippen molar-refractivity contribution in [2.24, 2.45) is 0 Å². The summed E-state index contributed by atoms with van der Waals surface area (Å²) in [6.07, 6.45) is 0.923. The minimum atomic E-state index is -0.415. The van der Waals surface area contributed by atoms with Gasteiger partial charge >= 0.3 is 0 Å². The van der Waals surface area contributed by atoms with Gasteiger partial charge in [0.05, 0.1) is 6.61 Å². The first-order valence-corrected chi connectivity index (χ1v) is 9.96. The maximum atomic E-state index is 13.5. The molecule has 3 rings (SSSR count). The Morgan fingerprint density at radius 2 is 1.73 bits per heavy atom. The van der Waals surface area contributed by atoms with Crippen LogP contribution in [0.15, 0.2) is 60.7 Å². The number of hydrogen-bond donors (Lipinski definition) is 2. The lowest BCUT2D eigenvalue weighted by atomic mass is 10.1. The Balaban J connectivity index is 1.32. The number of hydrogen-bond acceptors (Lipinski definition) is 3. The van der Waals surface area contributed by atoms with Crippen LogP contribution in [-0.2, 0) is 4.79 Å². The molecule has 0 fully saturated rings. The smallest absolute Gasteiger partial charge is 0.251 e. The van der Waals surface area contributed by atoms with Crippen LogP contribution in [0.3, 0.4) is 0 Å². The van der Waals surface area contributed by atoms with Gasteiger partial charge in [0.1, 0.15) is 11.6 Å². The molecule has 156 valence electrons. The third-order valence-electron chi connectivity index (χ3n) is 4.72. The van der Waals surface area contributed by atoms with E-state index in [4.69, 9.17) is 4.74 Å². The Morgan fingerprint density at radius 3 is 2.57 bits per heavy atom. The molecule has 6 heteroatoms. The lowest BCUT2D eigenvalue weighted by Gasteiger charge is -2.10. The fourth-order valence-corrected chi connectivity index (χ4v) is 3.04. The second-order valence-corrected chi connectivity index (χ2v) is 7.00. The summed E-state index contributed by atoms with van der Waals surface area (Å²) >= 11 is 0. The Bertz CT molecular complexity index is 1030. The van der Waals surface area contributed by atoms with Gasteiger partial charge in [-0.2, -0.15) is 0 Å². The zero-order chi connectivity index (χ0) is 21.3. The Morgan fingerprint density at radius 1 is 0.967 bits per heavy atom. The number of halogens is 1. The first kappa shape index (κ1) is 21.3. The van der Waals surface area contributed by atoms with Crippen molar-refractivity contribution in [1.82, 2.24) is 10.6 Å². The maximum Gasteiger partial charge on any atom is 0.251 e. The number of carbonyl (C=O) groups excluding carboxylic acids is 2. The number of nitrogens with one attached hydrogen (secondary N) is 2. The summed E-state index contributed by atoms with van der Waals surface area (Å²) < 4.78 is 19.3. The van der Waals surface area contributed by atoms with Gasteiger partial charge in [-0.05, 0) is 42.5 Å². The third-order valence-corrected chi connectivity index (χ3v) is 4.72. The van der Waals surface area contributed by atoms with Crippen LogP contribution < -0.4 is 15.4 Å². The average Bonchev–Trinajstić information content (AvgIpc) is 2.76. The van der Waals surface area contributed by atoms with Crippen LogP contribution in [0.4, 0.5) is 4.39 Å². The Labute approximate surface area is 175 Å². The second-order valence-electron chi connectivity index (χ2n) is 7.00. The topological polar surface area (TPSA) is 67.4 Å². The van der Waals surface area contributed by atoms with E-state index in [2.05, 4.69) is 10.6 Å². The predicted molar refractivity (Wildman–Crippen MR) is 115 cm³/mol. The molecular formula is C24H25FN2O3. The highest BCUT2D eigenvalue weighted by molar-refractivity contribution is 5.94. The van der Waals surface area contributed by atoms with Crippen molar-refractivity contribution in [1.29, 1.82) is 0 Å². The lowest BCUT2D eigenvalue weighted by Crippen LogP contribution is -2.34. The summed E-state index contributed by atoms with van der Waals surface area (Å²) in [5.41, 5.74) is 0.748. The number of benzene rings is 3. The third kappa shape index (κ3) is 5.80. The number of fused-ring (bicyclic) bond motifs is 1. The highest BCUT2D eigenvalue weighted by Gasteiger charge is 2.08. The summed E-state index contributed by atoms with van der Waals surface area (Å²) in [7, 11) is 0. The van der Waals surface area contributed by atoms with E-state index in [-0.39, 0.29) is 23.9 Å². The van der Waals surface area contributed by atoms with E-state index in [0.29, 0.717) is 31.6 Å². The molecule has 3 aromatic carbocycles. The Hall–Kier alpha value is -3.41. The second kappa shape index (κ2) is 10.4. The van der Waals surface area contributed by atoms with Gasteiger partial charge in [-0.1, -0.05) is 42.5 Å². The van der Waals surface area contributed by atoms with E-state index in [1.165, 1.54) is 6.07 Å². The van der Waals surface area contributed by atoms with Gasteiger partial charge in [-0.3, -0.25) is 9.59 Å². The van der Waals surface area contributed by atoms with Gasteiger partial charge in [-0.25, -0.2) is 4.39 Å². The van der Waals surface area contributed by atoms with Crippen molar-refractivity contribution in [3.8, 4) is 5.75 Å². The van der Waals surface area contributed by atoms with Crippen LogP contribution in [0.25, 0.3) is 10.8 Å². The predicted octanol–water partition coefficient (Wildman–Crippen LogP) is 3.99. The standard InChI is InChI=1S/C24H25FN2O3/c1-17-11-12-19(16-21(17)25)24(29)27-14-13-26-23(28)10-5-15-30-22-9-4-7-18-6-2-3-8-20(18)22/h2-4,6-9,11-12,16H,5,10,13-15H2,1H3,(H,26,28)(H,27,29). The monoisotopic (exact) mass is 408 g/mol. The molecular weight excluding hydrogens is 383 g/mol. The molecule has 0 aromatic heterocycles. The number of carbonyl (C=O) groups is 2. The summed E-state index contributed by atoms with van der Waals surface area (Å²) in [6.45, 7) is 2.66. The molecule has 2 amide bonds. The molecule has 0 radical (unpaired) electrons. The zero-order valence-electron chi connectivity index (χ0n) is 16.9. The van der Waals surface area contributed by atoms with Crippen LogP contribution >= 0.6 is 0 Å². The van der Waals surface area contributed by atoms with E-state index in [0.717, 1.165) is 16.5 Å². The maximum absolute atomic E-state index is 13.5. The molecule has 0 aliphatic carbocycles.